The van der Waals surface area contributed by atoms with Gasteiger partial charge in [-0.25, -0.2) is 4.98 Å². The highest BCUT2D eigenvalue weighted by atomic mass is 127. The van der Waals surface area contributed by atoms with Gasteiger partial charge in [0, 0.05) is 39.6 Å². The summed E-state index contributed by atoms with van der Waals surface area (Å²) in [5.74, 6) is 1.63. The Morgan fingerprint density at radius 3 is 2.65 bits per heavy atom. The molecule has 0 amide bonds. The minimum absolute atomic E-state index is 0. The Bertz CT molecular complexity index is 518. The lowest BCUT2D eigenvalue weighted by atomic mass is 10.5. The van der Waals surface area contributed by atoms with Crippen LogP contribution >= 0.6 is 24.0 Å². The molecular formula is C12H20IN7. The average Bonchev–Trinajstić information content (AvgIpc) is 3.05. The number of aromatic nitrogens is 4. The van der Waals surface area contributed by atoms with Crippen LogP contribution in [-0.2, 0) is 20.1 Å². The molecule has 0 fully saturated rings. The topological polar surface area (TPSA) is 72.1 Å². The molecule has 20 heavy (non-hydrogen) atoms. The summed E-state index contributed by atoms with van der Waals surface area (Å²) in [6.45, 7) is 2.31. The van der Waals surface area contributed by atoms with Crippen molar-refractivity contribution in [1.82, 2.24) is 30.0 Å². The largest absolute Gasteiger partial charge is 0.355 e. The maximum absolute atomic E-state index is 4.16. The van der Waals surface area contributed by atoms with E-state index in [9.17, 15) is 0 Å². The van der Waals surface area contributed by atoms with E-state index in [-0.39, 0.29) is 24.0 Å². The van der Waals surface area contributed by atoms with Crippen molar-refractivity contribution >= 4 is 29.9 Å². The van der Waals surface area contributed by atoms with Gasteiger partial charge in [-0.1, -0.05) is 0 Å². The molecule has 0 radical (unpaired) electrons. The summed E-state index contributed by atoms with van der Waals surface area (Å²) in [7, 11) is 3.62. The number of aliphatic imine (C=N–C) groups is 1. The van der Waals surface area contributed by atoms with Crippen LogP contribution in [0.25, 0.3) is 0 Å². The normalized spacial score (nSPS) is 11.0. The van der Waals surface area contributed by atoms with Crippen molar-refractivity contribution in [2.75, 3.05) is 13.6 Å². The van der Waals surface area contributed by atoms with Crippen molar-refractivity contribution in [2.24, 2.45) is 12.0 Å². The summed E-state index contributed by atoms with van der Waals surface area (Å²) < 4.78 is 3.85. The summed E-state index contributed by atoms with van der Waals surface area (Å²) in [6.07, 6.45) is 5.62. The summed E-state index contributed by atoms with van der Waals surface area (Å²) in [4.78, 5) is 8.31. The van der Waals surface area contributed by atoms with Crippen molar-refractivity contribution in [3.8, 4) is 0 Å². The fourth-order valence-corrected chi connectivity index (χ4v) is 1.69. The average molecular weight is 389 g/mol. The SMILES string of the molecule is CN=C(NCCn1cccc1)NCc1ncnn1C.I. The minimum atomic E-state index is 0. The second-order valence-corrected chi connectivity index (χ2v) is 4.07. The third-order valence-corrected chi connectivity index (χ3v) is 2.77. The molecule has 0 bridgehead atoms. The predicted molar refractivity (Wildman–Crippen MR) is 89.1 cm³/mol. The van der Waals surface area contributed by atoms with Gasteiger partial charge in [0.25, 0.3) is 0 Å². The first-order valence-electron chi connectivity index (χ1n) is 6.17. The monoisotopic (exact) mass is 389 g/mol. The van der Waals surface area contributed by atoms with Gasteiger partial charge in [0.2, 0.25) is 0 Å². The van der Waals surface area contributed by atoms with Crippen LogP contribution in [0.5, 0.6) is 0 Å². The molecule has 0 aliphatic carbocycles. The van der Waals surface area contributed by atoms with E-state index in [2.05, 4.69) is 30.3 Å². The number of aryl methyl sites for hydroxylation is 1. The van der Waals surface area contributed by atoms with Crippen LogP contribution in [0.2, 0.25) is 0 Å². The number of halogens is 1. The summed E-state index contributed by atoms with van der Waals surface area (Å²) >= 11 is 0. The number of guanidine groups is 1. The molecule has 0 spiro atoms. The summed E-state index contributed by atoms with van der Waals surface area (Å²) in [5, 5.41) is 10.5. The van der Waals surface area contributed by atoms with Gasteiger partial charge in [0.05, 0.1) is 6.54 Å². The third-order valence-electron chi connectivity index (χ3n) is 2.77. The van der Waals surface area contributed by atoms with E-state index in [0.717, 1.165) is 24.9 Å². The van der Waals surface area contributed by atoms with Crippen LogP contribution in [0.1, 0.15) is 5.82 Å². The standard InChI is InChI=1S/C12H19N7.HI/c1-13-12(14-5-8-19-6-3-4-7-19)15-9-11-16-10-17-18(11)2;/h3-4,6-7,10H,5,8-9H2,1-2H3,(H2,13,14,15);1H. The fraction of sp³-hybridized carbons (Fsp3) is 0.417. The lowest BCUT2D eigenvalue weighted by molar-refractivity contribution is 0.649. The molecular weight excluding hydrogens is 369 g/mol. The van der Waals surface area contributed by atoms with E-state index in [0.29, 0.717) is 6.54 Å². The van der Waals surface area contributed by atoms with Crippen molar-refractivity contribution in [3.63, 3.8) is 0 Å². The Morgan fingerprint density at radius 1 is 1.30 bits per heavy atom. The molecule has 0 atom stereocenters. The molecule has 2 rings (SSSR count). The highest BCUT2D eigenvalue weighted by Gasteiger charge is 2.02. The zero-order valence-corrected chi connectivity index (χ0v) is 14.0. The first-order chi connectivity index (χ1) is 9.29. The van der Waals surface area contributed by atoms with Gasteiger partial charge < -0.3 is 15.2 Å². The van der Waals surface area contributed by atoms with Crippen LogP contribution in [0.15, 0.2) is 35.8 Å². The Morgan fingerprint density at radius 2 is 2.05 bits per heavy atom. The van der Waals surface area contributed by atoms with Crippen molar-refractivity contribution in [2.45, 2.75) is 13.1 Å². The van der Waals surface area contributed by atoms with Gasteiger partial charge in [-0.15, -0.1) is 24.0 Å². The van der Waals surface area contributed by atoms with Crippen LogP contribution < -0.4 is 10.6 Å². The van der Waals surface area contributed by atoms with Crippen LogP contribution in [0.4, 0.5) is 0 Å². The summed E-state index contributed by atoms with van der Waals surface area (Å²) in [5.41, 5.74) is 0. The number of hydrogen-bond donors (Lipinski definition) is 2. The van der Waals surface area contributed by atoms with E-state index >= 15 is 0 Å². The number of rotatable bonds is 5. The molecule has 8 heteroatoms. The minimum Gasteiger partial charge on any atom is -0.355 e. The maximum Gasteiger partial charge on any atom is 0.191 e. The maximum atomic E-state index is 4.16. The molecule has 2 aromatic rings. The Balaban J connectivity index is 0.00000200. The van der Waals surface area contributed by atoms with E-state index in [1.54, 1.807) is 18.1 Å². The Kier molecular flexibility index (Phi) is 7.05. The van der Waals surface area contributed by atoms with E-state index in [1.165, 1.54) is 0 Å². The zero-order chi connectivity index (χ0) is 13.5. The fourth-order valence-electron chi connectivity index (χ4n) is 1.69. The Hall–Kier alpha value is -1.58. The first-order valence-corrected chi connectivity index (χ1v) is 6.17. The number of nitrogens with one attached hydrogen (secondary N) is 2. The molecule has 0 saturated heterocycles. The number of hydrogen-bond acceptors (Lipinski definition) is 3. The predicted octanol–water partition coefficient (Wildman–Crippen LogP) is 0.600. The number of nitrogens with zero attached hydrogens (tertiary/aromatic N) is 5. The van der Waals surface area contributed by atoms with Gasteiger partial charge >= 0.3 is 0 Å². The smallest absolute Gasteiger partial charge is 0.191 e. The highest BCUT2D eigenvalue weighted by Crippen LogP contribution is 1.90. The molecule has 7 nitrogen and oxygen atoms in total. The molecule has 110 valence electrons. The van der Waals surface area contributed by atoms with Crippen molar-refractivity contribution < 1.29 is 0 Å². The molecule has 0 saturated carbocycles. The lowest BCUT2D eigenvalue weighted by Gasteiger charge is -2.11. The molecule has 0 aromatic carbocycles. The van der Waals surface area contributed by atoms with Crippen molar-refractivity contribution in [1.29, 1.82) is 0 Å². The van der Waals surface area contributed by atoms with Gasteiger partial charge in [-0.2, -0.15) is 5.10 Å². The first kappa shape index (κ1) is 16.5. The molecule has 2 heterocycles. The van der Waals surface area contributed by atoms with Gasteiger partial charge in [0.1, 0.15) is 12.2 Å². The molecule has 0 unspecified atom stereocenters. The third kappa shape index (κ3) is 4.83. The van der Waals surface area contributed by atoms with E-state index in [4.69, 9.17) is 0 Å². The lowest BCUT2D eigenvalue weighted by Crippen LogP contribution is -2.38. The van der Waals surface area contributed by atoms with E-state index < -0.39 is 0 Å². The Labute approximate surface area is 135 Å². The van der Waals surface area contributed by atoms with Gasteiger partial charge in [0.15, 0.2) is 5.96 Å². The highest BCUT2D eigenvalue weighted by molar-refractivity contribution is 14.0. The second-order valence-electron chi connectivity index (χ2n) is 4.07. The zero-order valence-electron chi connectivity index (χ0n) is 11.7. The second kappa shape index (κ2) is 8.56. The molecule has 2 aromatic heterocycles. The van der Waals surface area contributed by atoms with E-state index in [1.807, 2.05) is 31.6 Å². The van der Waals surface area contributed by atoms with Crippen LogP contribution in [0.3, 0.4) is 0 Å². The quantitative estimate of drug-likeness (QED) is 0.447. The van der Waals surface area contributed by atoms with Crippen molar-refractivity contribution in [3.05, 3.63) is 36.7 Å². The van der Waals surface area contributed by atoms with Crippen LogP contribution in [-0.4, -0.2) is 38.9 Å². The van der Waals surface area contributed by atoms with Gasteiger partial charge in [-0.3, -0.25) is 9.67 Å². The molecule has 2 N–H and O–H groups in total. The molecule has 0 aliphatic rings. The van der Waals surface area contributed by atoms with Crippen LogP contribution in [0, 0.1) is 0 Å². The van der Waals surface area contributed by atoms with Gasteiger partial charge in [-0.05, 0) is 12.1 Å². The summed E-state index contributed by atoms with van der Waals surface area (Å²) in [6, 6.07) is 4.03. The molecule has 0 aliphatic heterocycles.